The number of carbonyl (C=O) groups is 1. The van der Waals surface area contributed by atoms with Crippen LogP contribution in [0.4, 0.5) is 17.3 Å². The van der Waals surface area contributed by atoms with Gasteiger partial charge in [0.1, 0.15) is 6.04 Å². The molecular formula is C24H19N7O3. The third-order valence-electron chi connectivity index (χ3n) is 5.50. The van der Waals surface area contributed by atoms with Crippen LogP contribution in [-0.4, -0.2) is 30.6 Å². The van der Waals surface area contributed by atoms with Crippen LogP contribution in [0.25, 0.3) is 11.4 Å². The van der Waals surface area contributed by atoms with Gasteiger partial charge in [-0.05, 0) is 37.3 Å². The van der Waals surface area contributed by atoms with E-state index < -0.39 is 16.9 Å². The second-order valence-electron chi connectivity index (χ2n) is 7.64. The molecular weight excluding hydrogens is 434 g/mol. The predicted molar refractivity (Wildman–Crippen MR) is 126 cm³/mol. The van der Waals surface area contributed by atoms with E-state index in [0.717, 1.165) is 5.56 Å². The molecule has 168 valence electrons. The summed E-state index contributed by atoms with van der Waals surface area (Å²) in [5.41, 5.74) is 2.39. The molecule has 0 bridgehead atoms. The van der Waals surface area contributed by atoms with Crippen molar-refractivity contribution in [3.8, 4) is 11.4 Å². The van der Waals surface area contributed by atoms with Crippen molar-refractivity contribution in [3.05, 3.63) is 106 Å². The maximum absolute atomic E-state index is 13.5. The summed E-state index contributed by atoms with van der Waals surface area (Å²) < 4.78 is 1.52. The smallest absolute Gasteiger partial charge is 0.275 e. The lowest BCUT2D eigenvalue weighted by atomic mass is 9.93. The van der Waals surface area contributed by atoms with Crippen molar-refractivity contribution in [2.24, 2.45) is 0 Å². The number of aromatic nitrogens is 4. The van der Waals surface area contributed by atoms with E-state index in [0.29, 0.717) is 34.3 Å². The number of hydrogen-bond acceptors (Lipinski definition) is 7. The van der Waals surface area contributed by atoms with Crippen LogP contribution in [0, 0.1) is 10.1 Å². The van der Waals surface area contributed by atoms with Crippen LogP contribution in [0.5, 0.6) is 0 Å². The first kappa shape index (κ1) is 21.0. The molecule has 2 N–H and O–H groups in total. The van der Waals surface area contributed by atoms with E-state index in [1.54, 1.807) is 61.8 Å². The highest BCUT2D eigenvalue weighted by molar-refractivity contribution is 6.06. The zero-order valence-corrected chi connectivity index (χ0v) is 18.0. The molecule has 1 atom stereocenters. The second kappa shape index (κ2) is 8.58. The largest absolute Gasteiger partial charge is 0.328 e. The van der Waals surface area contributed by atoms with Crippen LogP contribution in [0.3, 0.4) is 0 Å². The lowest BCUT2D eigenvalue weighted by Gasteiger charge is -2.28. The highest BCUT2D eigenvalue weighted by Crippen LogP contribution is 2.40. The normalized spacial score (nSPS) is 14.8. The summed E-state index contributed by atoms with van der Waals surface area (Å²) in [6, 6.07) is 18.0. The van der Waals surface area contributed by atoms with Gasteiger partial charge >= 0.3 is 0 Å². The lowest BCUT2D eigenvalue weighted by molar-refractivity contribution is -0.385. The fraction of sp³-hybridized carbons (Fsp3) is 0.0833. The van der Waals surface area contributed by atoms with Gasteiger partial charge in [-0.3, -0.25) is 19.9 Å². The molecule has 10 nitrogen and oxygen atoms in total. The average Bonchev–Trinajstić information content (AvgIpc) is 3.28. The third-order valence-corrected chi connectivity index (χ3v) is 5.50. The number of amides is 1. The van der Waals surface area contributed by atoms with E-state index in [4.69, 9.17) is 0 Å². The van der Waals surface area contributed by atoms with Crippen LogP contribution < -0.4 is 10.6 Å². The van der Waals surface area contributed by atoms with E-state index in [-0.39, 0.29) is 5.69 Å². The highest BCUT2D eigenvalue weighted by Gasteiger charge is 2.37. The molecule has 0 saturated carbocycles. The minimum Gasteiger partial charge on any atom is -0.328 e. The molecule has 1 aliphatic heterocycles. The van der Waals surface area contributed by atoms with Crippen LogP contribution in [0.15, 0.2) is 90.4 Å². The Kier molecular flexibility index (Phi) is 5.30. The SMILES string of the molecule is CC1=C(C(=O)Nc2ccccc2)C(c2ccccc2[N+](=O)[O-])n2nc(-c3ccncc3)nc2N1. The first-order valence-electron chi connectivity index (χ1n) is 10.5. The minimum absolute atomic E-state index is 0.112. The number of nitrogens with zero attached hydrogens (tertiary/aromatic N) is 5. The lowest BCUT2D eigenvalue weighted by Crippen LogP contribution is -2.31. The van der Waals surface area contributed by atoms with Crippen LogP contribution in [0.1, 0.15) is 18.5 Å². The second-order valence-corrected chi connectivity index (χ2v) is 7.64. The molecule has 1 aliphatic rings. The molecule has 5 rings (SSSR count). The van der Waals surface area contributed by atoms with Gasteiger partial charge in [0.05, 0.1) is 16.1 Å². The molecule has 4 aromatic rings. The third kappa shape index (κ3) is 3.77. The number of carbonyl (C=O) groups excluding carboxylic acids is 1. The van der Waals surface area contributed by atoms with Gasteiger partial charge in [-0.2, -0.15) is 4.98 Å². The summed E-state index contributed by atoms with van der Waals surface area (Å²) in [5, 5.41) is 22.5. The van der Waals surface area contributed by atoms with Gasteiger partial charge < -0.3 is 10.6 Å². The van der Waals surface area contributed by atoms with Gasteiger partial charge in [0.15, 0.2) is 5.82 Å². The van der Waals surface area contributed by atoms with Crippen molar-refractivity contribution in [2.45, 2.75) is 13.0 Å². The molecule has 0 radical (unpaired) electrons. The van der Waals surface area contributed by atoms with E-state index in [1.807, 2.05) is 18.2 Å². The summed E-state index contributed by atoms with van der Waals surface area (Å²) in [5.74, 6) is 0.390. The quantitative estimate of drug-likeness (QED) is 0.343. The van der Waals surface area contributed by atoms with Crippen LogP contribution in [-0.2, 0) is 4.79 Å². The van der Waals surface area contributed by atoms with E-state index in [1.165, 1.54) is 10.7 Å². The monoisotopic (exact) mass is 453 g/mol. The molecule has 2 aromatic heterocycles. The minimum atomic E-state index is -0.871. The van der Waals surface area contributed by atoms with Crippen molar-refractivity contribution in [1.29, 1.82) is 0 Å². The highest BCUT2D eigenvalue weighted by atomic mass is 16.6. The Morgan fingerprint density at radius 1 is 1.06 bits per heavy atom. The fourth-order valence-electron chi connectivity index (χ4n) is 3.96. The number of anilines is 2. The number of nitrogens with one attached hydrogen (secondary N) is 2. The number of benzene rings is 2. The molecule has 0 fully saturated rings. The number of fused-ring (bicyclic) bond motifs is 1. The van der Waals surface area contributed by atoms with Crippen molar-refractivity contribution >= 4 is 23.2 Å². The van der Waals surface area contributed by atoms with E-state index >= 15 is 0 Å². The summed E-state index contributed by atoms with van der Waals surface area (Å²) in [4.78, 5) is 33.5. The molecule has 0 saturated heterocycles. The van der Waals surface area contributed by atoms with Gasteiger partial charge in [0, 0.05) is 35.4 Å². The zero-order chi connectivity index (χ0) is 23.7. The zero-order valence-electron chi connectivity index (χ0n) is 18.0. The standard InChI is InChI=1S/C24H19N7O3/c1-15-20(23(32)27-17-7-3-2-4-8-17)21(18-9-5-6-10-19(18)31(33)34)30-24(26-15)28-22(29-30)16-11-13-25-14-12-16/h2-14,21H,1H3,(H,27,32)(H,26,28,29). The molecule has 3 heterocycles. The number of para-hydroxylation sites is 2. The Morgan fingerprint density at radius 2 is 1.76 bits per heavy atom. The molecule has 34 heavy (non-hydrogen) atoms. The summed E-state index contributed by atoms with van der Waals surface area (Å²) in [6.45, 7) is 1.74. The Bertz CT molecular complexity index is 1420. The Morgan fingerprint density at radius 3 is 2.50 bits per heavy atom. The van der Waals surface area contributed by atoms with Crippen molar-refractivity contribution in [1.82, 2.24) is 19.7 Å². The number of hydrogen-bond donors (Lipinski definition) is 2. The van der Waals surface area contributed by atoms with Crippen molar-refractivity contribution in [3.63, 3.8) is 0 Å². The number of pyridine rings is 1. The topological polar surface area (TPSA) is 128 Å². The Hall–Kier alpha value is -4.86. The predicted octanol–water partition coefficient (Wildman–Crippen LogP) is 4.18. The van der Waals surface area contributed by atoms with Gasteiger partial charge in [0.2, 0.25) is 5.95 Å². The van der Waals surface area contributed by atoms with Crippen molar-refractivity contribution < 1.29 is 9.72 Å². The van der Waals surface area contributed by atoms with Crippen LogP contribution in [0.2, 0.25) is 0 Å². The maximum Gasteiger partial charge on any atom is 0.275 e. The first-order chi connectivity index (χ1) is 16.5. The molecule has 10 heteroatoms. The van der Waals surface area contributed by atoms with Crippen LogP contribution >= 0.6 is 0 Å². The average molecular weight is 453 g/mol. The van der Waals surface area contributed by atoms with Gasteiger partial charge in [-0.15, -0.1) is 5.10 Å². The van der Waals surface area contributed by atoms with E-state index in [9.17, 15) is 14.9 Å². The molecule has 1 amide bonds. The fourth-order valence-corrected chi connectivity index (χ4v) is 3.96. The van der Waals surface area contributed by atoms with Gasteiger partial charge in [0.25, 0.3) is 11.6 Å². The molecule has 2 aromatic carbocycles. The van der Waals surface area contributed by atoms with Crippen molar-refractivity contribution in [2.75, 3.05) is 10.6 Å². The Labute approximate surface area is 194 Å². The molecule has 1 unspecified atom stereocenters. The summed E-state index contributed by atoms with van der Waals surface area (Å²) >= 11 is 0. The van der Waals surface area contributed by atoms with Gasteiger partial charge in [-0.25, -0.2) is 4.68 Å². The Balaban J connectivity index is 1.66. The number of nitro benzene ring substituents is 1. The molecule has 0 aliphatic carbocycles. The number of rotatable bonds is 5. The first-order valence-corrected chi connectivity index (χ1v) is 10.5. The summed E-state index contributed by atoms with van der Waals surface area (Å²) in [6.07, 6.45) is 3.26. The van der Waals surface area contributed by atoms with Gasteiger partial charge in [-0.1, -0.05) is 30.3 Å². The molecule has 0 spiro atoms. The number of nitro groups is 1. The maximum atomic E-state index is 13.5. The number of allylic oxidation sites excluding steroid dienone is 1. The van der Waals surface area contributed by atoms with E-state index in [2.05, 4.69) is 25.7 Å². The summed E-state index contributed by atoms with van der Waals surface area (Å²) in [7, 11) is 0.